The highest BCUT2D eigenvalue weighted by atomic mass is 35.5. The molecule has 0 atom stereocenters. The van der Waals surface area contributed by atoms with E-state index in [9.17, 15) is 4.79 Å². The topological polar surface area (TPSA) is 68.8 Å². The number of benzene rings is 2. The van der Waals surface area contributed by atoms with Gasteiger partial charge < -0.3 is 20.9 Å². The van der Waals surface area contributed by atoms with Crippen molar-refractivity contribution in [2.45, 2.75) is 20.0 Å². The molecule has 1 amide bonds. The molecule has 0 aliphatic carbocycles. The SMILES string of the molecule is CCNC(=NCc1cccc(Cl)c1)NCc1cccc(C(=O)NCCN(C)C)c1. The number of hydrogen-bond donors (Lipinski definition) is 3. The molecule has 0 radical (unpaired) electrons. The van der Waals surface area contributed by atoms with Gasteiger partial charge in [-0.25, -0.2) is 4.99 Å². The summed E-state index contributed by atoms with van der Waals surface area (Å²) in [6.07, 6.45) is 0. The van der Waals surface area contributed by atoms with E-state index in [0.717, 1.165) is 24.2 Å². The molecule has 2 aromatic carbocycles. The average Bonchev–Trinajstić information content (AvgIpc) is 2.70. The van der Waals surface area contributed by atoms with E-state index in [0.29, 0.717) is 36.2 Å². The molecular weight excluding hydrogens is 386 g/mol. The molecule has 3 N–H and O–H groups in total. The molecule has 29 heavy (non-hydrogen) atoms. The van der Waals surface area contributed by atoms with E-state index >= 15 is 0 Å². The molecule has 2 aromatic rings. The molecular formula is C22H30ClN5O. The fraction of sp³-hybridized carbons (Fsp3) is 0.364. The van der Waals surface area contributed by atoms with E-state index < -0.39 is 0 Å². The third kappa shape index (κ3) is 8.54. The fourth-order valence-corrected chi connectivity index (χ4v) is 2.86. The lowest BCUT2D eigenvalue weighted by atomic mass is 10.1. The van der Waals surface area contributed by atoms with Crippen molar-refractivity contribution in [3.05, 3.63) is 70.2 Å². The van der Waals surface area contributed by atoms with Crippen molar-refractivity contribution in [3.8, 4) is 0 Å². The number of carbonyl (C=O) groups excluding carboxylic acids is 1. The van der Waals surface area contributed by atoms with Crippen molar-refractivity contribution in [1.82, 2.24) is 20.9 Å². The Labute approximate surface area is 178 Å². The summed E-state index contributed by atoms with van der Waals surface area (Å²) >= 11 is 6.04. The van der Waals surface area contributed by atoms with Crippen LogP contribution in [0.4, 0.5) is 0 Å². The number of hydrogen-bond acceptors (Lipinski definition) is 3. The number of carbonyl (C=O) groups is 1. The smallest absolute Gasteiger partial charge is 0.251 e. The van der Waals surface area contributed by atoms with Gasteiger partial charge in [-0.2, -0.15) is 0 Å². The van der Waals surface area contributed by atoms with Crippen LogP contribution in [0.25, 0.3) is 0 Å². The van der Waals surface area contributed by atoms with E-state index in [-0.39, 0.29) is 5.91 Å². The van der Waals surface area contributed by atoms with E-state index in [1.807, 2.05) is 74.4 Å². The minimum Gasteiger partial charge on any atom is -0.357 e. The molecule has 0 bridgehead atoms. The van der Waals surface area contributed by atoms with Gasteiger partial charge >= 0.3 is 0 Å². The quantitative estimate of drug-likeness (QED) is 0.435. The second-order valence-electron chi connectivity index (χ2n) is 6.94. The summed E-state index contributed by atoms with van der Waals surface area (Å²) in [5, 5.41) is 10.2. The van der Waals surface area contributed by atoms with Gasteiger partial charge in [0, 0.05) is 36.8 Å². The van der Waals surface area contributed by atoms with Gasteiger partial charge in [-0.3, -0.25) is 4.79 Å². The van der Waals surface area contributed by atoms with Crippen molar-refractivity contribution in [1.29, 1.82) is 0 Å². The molecule has 0 saturated carbocycles. The number of nitrogens with one attached hydrogen (secondary N) is 3. The van der Waals surface area contributed by atoms with Gasteiger partial charge in [-0.05, 0) is 56.4 Å². The van der Waals surface area contributed by atoms with Crippen molar-refractivity contribution in [2.24, 2.45) is 4.99 Å². The Morgan fingerprint density at radius 3 is 2.52 bits per heavy atom. The molecule has 0 aliphatic heterocycles. The predicted octanol–water partition coefficient (Wildman–Crippen LogP) is 2.89. The molecule has 0 aliphatic rings. The van der Waals surface area contributed by atoms with Crippen molar-refractivity contribution in [2.75, 3.05) is 33.7 Å². The minimum absolute atomic E-state index is 0.0600. The van der Waals surface area contributed by atoms with Crippen LogP contribution in [0.15, 0.2) is 53.5 Å². The van der Waals surface area contributed by atoms with Gasteiger partial charge in [-0.15, -0.1) is 0 Å². The Balaban J connectivity index is 1.95. The lowest BCUT2D eigenvalue weighted by molar-refractivity contribution is 0.0951. The first kappa shape index (κ1) is 22.7. The van der Waals surface area contributed by atoms with Crippen LogP contribution >= 0.6 is 11.6 Å². The Kier molecular flexibility index (Phi) is 9.47. The molecule has 0 aromatic heterocycles. The molecule has 0 saturated heterocycles. The van der Waals surface area contributed by atoms with Crippen LogP contribution in [0.5, 0.6) is 0 Å². The summed E-state index contributed by atoms with van der Waals surface area (Å²) in [6, 6.07) is 15.3. The van der Waals surface area contributed by atoms with E-state index in [1.165, 1.54) is 0 Å². The Morgan fingerprint density at radius 1 is 1.03 bits per heavy atom. The zero-order valence-electron chi connectivity index (χ0n) is 17.3. The molecule has 0 fully saturated rings. The third-order valence-electron chi connectivity index (χ3n) is 4.15. The van der Waals surface area contributed by atoms with E-state index in [2.05, 4.69) is 20.9 Å². The molecule has 2 rings (SSSR count). The van der Waals surface area contributed by atoms with Crippen LogP contribution in [0.3, 0.4) is 0 Å². The molecule has 7 heteroatoms. The maximum atomic E-state index is 12.3. The minimum atomic E-state index is -0.0600. The number of nitrogens with zero attached hydrogens (tertiary/aromatic N) is 2. The van der Waals surface area contributed by atoms with Crippen LogP contribution in [0.2, 0.25) is 5.02 Å². The largest absolute Gasteiger partial charge is 0.357 e. The van der Waals surface area contributed by atoms with Crippen molar-refractivity contribution >= 4 is 23.5 Å². The van der Waals surface area contributed by atoms with Gasteiger partial charge in [-0.1, -0.05) is 35.9 Å². The van der Waals surface area contributed by atoms with Crippen LogP contribution in [0, 0.1) is 0 Å². The summed E-state index contributed by atoms with van der Waals surface area (Å²) in [6.45, 7) is 5.31. The first-order valence-electron chi connectivity index (χ1n) is 9.76. The Hall–Kier alpha value is -2.57. The third-order valence-corrected chi connectivity index (χ3v) is 4.38. The summed E-state index contributed by atoms with van der Waals surface area (Å²) in [5.74, 6) is 0.656. The van der Waals surface area contributed by atoms with Gasteiger partial charge in [0.25, 0.3) is 5.91 Å². The van der Waals surface area contributed by atoms with Crippen LogP contribution in [0.1, 0.15) is 28.4 Å². The predicted molar refractivity (Wildman–Crippen MR) is 120 cm³/mol. The van der Waals surface area contributed by atoms with Crippen LogP contribution < -0.4 is 16.0 Å². The van der Waals surface area contributed by atoms with Crippen molar-refractivity contribution in [3.63, 3.8) is 0 Å². The van der Waals surface area contributed by atoms with Crippen LogP contribution in [-0.2, 0) is 13.1 Å². The number of halogens is 1. The monoisotopic (exact) mass is 415 g/mol. The highest BCUT2D eigenvalue weighted by Crippen LogP contribution is 2.11. The zero-order valence-corrected chi connectivity index (χ0v) is 18.1. The number of aliphatic imine (C=N–C) groups is 1. The number of guanidine groups is 1. The maximum Gasteiger partial charge on any atom is 0.251 e. The normalized spacial score (nSPS) is 11.4. The van der Waals surface area contributed by atoms with Crippen molar-refractivity contribution < 1.29 is 4.79 Å². The standard InChI is InChI=1S/C22H30ClN5O/c1-4-24-22(27-16-18-8-6-10-20(23)14-18)26-15-17-7-5-9-19(13-17)21(29)25-11-12-28(2)3/h5-10,13-14H,4,11-12,15-16H2,1-3H3,(H,25,29)(H2,24,26,27). The summed E-state index contributed by atoms with van der Waals surface area (Å²) in [7, 11) is 3.96. The van der Waals surface area contributed by atoms with Crippen LogP contribution in [-0.4, -0.2) is 50.5 Å². The van der Waals surface area contributed by atoms with Gasteiger partial charge in [0.05, 0.1) is 6.54 Å². The van der Waals surface area contributed by atoms with E-state index in [1.54, 1.807) is 0 Å². The zero-order chi connectivity index (χ0) is 21.1. The second-order valence-corrected chi connectivity index (χ2v) is 7.37. The summed E-state index contributed by atoms with van der Waals surface area (Å²) in [5.41, 5.74) is 2.72. The lowest BCUT2D eigenvalue weighted by Gasteiger charge is -2.13. The fourth-order valence-electron chi connectivity index (χ4n) is 2.65. The highest BCUT2D eigenvalue weighted by Gasteiger charge is 2.06. The second kappa shape index (κ2) is 12.1. The number of likely N-dealkylation sites (N-methyl/N-ethyl adjacent to an activating group) is 1. The van der Waals surface area contributed by atoms with Gasteiger partial charge in [0.15, 0.2) is 5.96 Å². The number of amides is 1. The summed E-state index contributed by atoms with van der Waals surface area (Å²) in [4.78, 5) is 18.9. The average molecular weight is 416 g/mol. The molecule has 6 nitrogen and oxygen atoms in total. The molecule has 0 heterocycles. The Bertz CT molecular complexity index is 822. The van der Waals surface area contributed by atoms with Gasteiger partial charge in [0.2, 0.25) is 0 Å². The number of rotatable bonds is 9. The Morgan fingerprint density at radius 2 is 1.79 bits per heavy atom. The first-order chi connectivity index (χ1) is 14.0. The van der Waals surface area contributed by atoms with Gasteiger partial charge in [0.1, 0.15) is 0 Å². The molecule has 0 spiro atoms. The van der Waals surface area contributed by atoms with E-state index in [4.69, 9.17) is 11.6 Å². The first-order valence-corrected chi connectivity index (χ1v) is 10.1. The molecule has 0 unspecified atom stereocenters. The summed E-state index contributed by atoms with van der Waals surface area (Å²) < 4.78 is 0. The highest BCUT2D eigenvalue weighted by molar-refractivity contribution is 6.30. The maximum absolute atomic E-state index is 12.3. The molecule has 156 valence electrons. The lowest BCUT2D eigenvalue weighted by Crippen LogP contribution is -2.36.